The van der Waals surface area contributed by atoms with Gasteiger partial charge in [-0.05, 0) is 52.9 Å². The van der Waals surface area contributed by atoms with Gasteiger partial charge in [0.15, 0.2) is 0 Å². The number of hydrogen-bond acceptors (Lipinski definition) is 3. The molecular weight excluding hydrogens is 365 g/mol. The summed E-state index contributed by atoms with van der Waals surface area (Å²) in [5, 5.41) is 1.93. The number of ether oxygens (including phenoxy) is 2. The highest BCUT2D eigenvalue weighted by molar-refractivity contribution is 14.1. The first-order valence-corrected chi connectivity index (χ1v) is 7.21. The topological polar surface area (TPSA) is 31.4 Å². The van der Waals surface area contributed by atoms with Gasteiger partial charge in [0.1, 0.15) is 11.5 Å². The summed E-state index contributed by atoms with van der Waals surface area (Å²) in [5.74, 6) is 2.21. The van der Waals surface area contributed by atoms with Crippen LogP contribution in [0.1, 0.15) is 0 Å². The maximum atomic E-state index is 5.95. The van der Waals surface area contributed by atoms with E-state index >= 15 is 0 Å². The second kappa shape index (κ2) is 5.66. The molecule has 4 heteroatoms. The van der Waals surface area contributed by atoms with Gasteiger partial charge < -0.3 is 9.47 Å². The molecule has 0 spiro atoms. The summed E-state index contributed by atoms with van der Waals surface area (Å²) in [6, 6.07) is 15.6. The van der Waals surface area contributed by atoms with Crippen LogP contribution in [0.4, 0.5) is 0 Å². The van der Waals surface area contributed by atoms with Crippen LogP contribution in [-0.2, 0) is 0 Å². The lowest BCUT2D eigenvalue weighted by Crippen LogP contribution is -1.92. The van der Waals surface area contributed by atoms with Gasteiger partial charge in [0.25, 0.3) is 0 Å². The van der Waals surface area contributed by atoms with Crippen molar-refractivity contribution in [1.29, 1.82) is 0 Å². The number of fused-ring (bicyclic) bond motifs is 1. The number of benzene rings is 2. The van der Waals surface area contributed by atoms with Gasteiger partial charge in [0.2, 0.25) is 5.88 Å². The fourth-order valence-electron chi connectivity index (χ4n) is 2.04. The second-order valence-corrected chi connectivity index (χ2v) is 5.37. The van der Waals surface area contributed by atoms with Crippen LogP contribution < -0.4 is 9.47 Å². The number of hydrogen-bond donors (Lipinski definition) is 0. The van der Waals surface area contributed by atoms with Gasteiger partial charge in [-0.25, -0.2) is 4.98 Å². The molecule has 0 aliphatic carbocycles. The molecule has 0 saturated carbocycles. The Kier molecular flexibility index (Phi) is 3.73. The van der Waals surface area contributed by atoms with E-state index in [4.69, 9.17) is 9.47 Å². The van der Waals surface area contributed by atoms with Crippen LogP contribution in [-0.4, -0.2) is 12.1 Å². The van der Waals surface area contributed by atoms with Gasteiger partial charge in [0.05, 0.1) is 10.7 Å². The maximum absolute atomic E-state index is 5.95. The van der Waals surface area contributed by atoms with Gasteiger partial charge in [-0.2, -0.15) is 0 Å². The minimum absolute atomic E-state index is 0.588. The van der Waals surface area contributed by atoms with Crippen molar-refractivity contribution in [3.63, 3.8) is 0 Å². The summed E-state index contributed by atoms with van der Waals surface area (Å²) in [6.45, 7) is 0. The molecule has 3 rings (SSSR count). The Labute approximate surface area is 130 Å². The third kappa shape index (κ3) is 2.43. The lowest BCUT2D eigenvalue weighted by atomic mass is 10.1. The van der Waals surface area contributed by atoms with E-state index in [9.17, 15) is 0 Å². The third-order valence-electron chi connectivity index (χ3n) is 2.99. The Bertz CT molecular complexity index is 758. The van der Waals surface area contributed by atoms with Crippen molar-refractivity contribution in [2.75, 3.05) is 7.11 Å². The van der Waals surface area contributed by atoms with Crippen molar-refractivity contribution in [2.24, 2.45) is 0 Å². The van der Waals surface area contributed by atoms with Gasteiger partial charge in [-0.15, -0.1) is 0 Å². The van der Waals surface area contributed by atoms with Crippen LogP contribution in [0.15, 0.2) is 54.7 Å². The van der Waals surface area contributed by atoms with Crippen molar-refractivity contribution < 1.29 is 9.47 Å². The van der Waals surface area contributed by atoms with Crippen LogP contribution in [0.2, 0.25) is 0 Å². The number of halogens is 1. The molecule has 2 aromatic carbocycles. The molecule has 1 aromatic heterocycles. The lowest BCUT2D eigenvalue weighted by molar-refractivity contribution is 0.419. The van der Waals surface area contributed by atoms with Crippen molar-refractivity contribution >= 4 is 33.4 Å². The summed E-state index contributed by atoms with van der Waals surface area (Å²) in [7, 11) is 1.66. The van der Waals surface area contributed by atoms with E-state index in [1.54, 1.807) is 13.3 Å². The second-order valence-electron chi connectivity index (χ2n) is 4.20. The molecule has 0 aliphatic heterocycles. The minimum Gasteiger partial charge on any atom is -0.496 e. The van der Waals surface area contributed by atoms with Crippen LogP contribution in [0.3, 0.4) is 0 Å². The summed E-state index contributed by atoms with van der Waals surface area (Å²) >= 11 is 2.25. The first kappa shape index (κ1) is 13.2. The molecule has 0 bridgehead atoms. The Balaban J connectivity index is 2.11. The van der Waals surface area contributed by atoms with E-state index in [-0.39, 0.29) is 0 Å². The third-order valence-corrected chi connectivity index (χ3v) is 3.88. The molecule has 0 fully saturated rings. The normalized spacial score (nSPS) is 10.5. The zero-order valence-corrected chi connectivity index (χ0v) is 13.0. The molecule has 0 aliphatic rings. The van der Waals surface area contributed by atoms with Crippen molar-refractivity contribution in [1.82, 2.24) is 4.98 Å². The van der Waals surface area contributed by atoms with Gasteiger partial charge in [-0.1, -0.05) is 18.2 Å². The highest BCUT2D eigenvalue weighted by atomic mass is 127. The Morgan fingerprint density at radius 1 is 0.900 bits per heavy atom. The average molecular weight is 377 g/mol. The van der Waals surface area contributed by atoms with Crippen molar-refractivity contribution in [3.05, 3.63) is 58.3 Å². The van der Waals surface area contributed by atoms with E-state index in [1.165, 1.54) is 0 Å². The Hall–Kier alpha value is -1.82. The van der Waals surface area contributed by atoms with Crippen LogP contribution in [0.5, 0.6) is 17.4 Å². The van der Waals surface area contributed by atoms with E-state index in [0.717, 1.165) is 25.8 Å². The zero-order chi connectivity index (χ0) is 13.9. The van der Waals surface area contributed by atoms with E-state index in [1.807, 2.05) is 48.5 Å². The summed E-state index contributed by atoms with van der Waals surface area (Å²) in [6.07, 6.45) is 1.73. The molecule has 0 amide bonds. The van der Waals surface area contributed by atoms with Crippen LogP contribution in [0.25, 0.3) is 10.8 Å². The average Bonchev–Trinajstić information content (AvgIpc) is 2.49. The zero-order valence-electron chi connectivity index (χ0n) is 10.8. The Morgan fingerprint density at radius 3 is 2.50 bits per heavy atom. The molecule has 3 nitrogen and oxygen atoms in total. The molecule has 0 unspecified atom stereocenters. The number of methoxy groups -OCH3 is 1. The number of para-hydroxylation sites is 1. The molecule has 100 valence electrons. The summed E-state index contributed by atoms with van der Waals surface area (Å²) in [5.41, 5.74) is 0. The highest BCUT2D eigenvalue weighted by Crippen LogP contribution is 2.33. The lowest BCUT2D eigenvalue weighted by Gasteiger charge is -2.10. The van der Waals surface area contributed by atoms with E-state index in [0.29, 0.717) is 5.88 Å². The molecule has 20 heavy (non-hydrogen) atoms. The molecule has 0 radical (unpaired) electrons. The fourth-order valence-corrected chi connectivity index (χ4v) is 2.54. The smallest absolute Gasteiger partial charge is 0.227 e. The predicted molar refractivity (Wildman–Crippen MR) is 87.5 cm³/mol. The van der Waals surface area contributed by atoms with Crippen LogP contribution >= 0.6 is 22.6 Å². The Morgan fingerprint density at radius 2 is 1.70 bits per heavy atom. The van der Waals surface area contributed by atoms with E-state index in [2.05, 4.69) is 27.6 Å². The molecule has 0 saturated heterocycles. The highest BCUT2D eigenvalue weighted by Gasteiger charge is 2.09. The van der Waals surface area contributed by atoms with Gasteiger partial charge >= 0.3 is 0 Å². The largest absolute Gasteiger partial charge is 0.496 e. The quantitative estimate of drug-likeness (QED) is 0.624. The van der Waals surface area contributed by atoms with E-state index < -0.39 is 0 Å². The SMILES string of the molecule is COc1cccc2c(Oc3ccccc3I)nccc12. The minimum atomic E-state index is 0.588. The number of rotatable bonds is 3. The van der Waals surface area contributed by atoms with Crippen molar-refractivity contribution in [3.8, 4) is 17.4 Å². The molecule has 3 aromatic rings. The first-order chi connectivity index (χ1) is 9.79. The fraction of sp³-hybridized carbons (Fsp3) is 0.0625. The van der Waals surface area contributed by atoms with Crippen molar-refractivity contribution in [2.45, 2.75) is 0 Å². The number of pyridine rings is 1. The molecule has 1 heterocycles. The molecule has 0 N–H and O–H groups in total. The molecular formula is C16H12INO2. The monoisotopic (exact) mass is 377 g/mol. The first-order valence-electron chi connectivity index (χ1n) is 6.13. The summed E-state index contributed by atoms with van der Waals surface area (Å²) in [4.78, 5) is 4.34. The number of aromatic nitrogens is 1. The predicted octanol–water partition coefficient (Wildman–Crippen LogP) is 4.64. The number of nitrogens with zero attached hydrogens (tertiary/aromatic N) is 1. The van der Waals surface area contributed by atoms with Crippen LogP contribution in [0, 0.1) is 3.57 Å². The standard InChI is InChI=1S/C16H12INO2/c1-19-14-8-4-5-12-11(14)9-10-18-16(12)20-15-7-3-2-6-13(15)17/h2-10H,1H3. The molecule has 0 atom stereocenters. The van der Waals surface area contributed by atoms with Gasteiger partial charge in [0, 0.05) is 17.0 Å². The maximum Gasteiger partial charge on any atom is 0.227 e. The van der Waals surface area contributed by atoms with Gasteiger partial charge in [-0.3, -0.25) is 0 Å². The summed E-state index contributed by atoms with van der Waals surface area (Å²) < 4.78 is 12.4.